The van der Waals surface area contributed by atoms with Gasteiger partial charge in [0.15, 0.2) is 0 Å². The molecule has 0 aliphatic rings. The Labute approximate surface area is 252 Å². The van der Waals surface area contributed by atoms with E-state index in [2.05, 4.69) is 18.8 Å². The van der Waals surface area contributed by atoms with Crippen LogP contribution < -0.4 is 9.47 Å². The normalized spacial score (nSPS) is 11.4. The second-order valence-electron chi connectivity index (χ2n) is 11.5. The lowest BCUT2D eigenvalue weighted by atomic mass is 10.1. The first-order valence-corrected chi connectivity index (χ1v) is 17.0. The highest BCUT2D eigenvalue weighted by Crippen LogP contribution is 2.24. The van der Waals surface area contributed by atoms with Crippen molar-refractivity contribution in [2.45, 2.75) is 142 Å². The van der Waals surface area contributed by atoms with E-state index in [4.69, 9.17) is 9.47 Å². The molecule has 0 fully saturated rings. The van der Waals surface area contributed by atoms with Gasteiger partial charge in [-0.1, -0.05) is 129 Å². The van der Waals surface area contributed by atoms with Crippen LogP contribution in [0.1, 0.15) is 148 Å². The van der Waals surface area contributed by atoms with Gasteiger partial charge in [0.2, 0.25) is 0 Å². The molecular formula is C37H59NO3. The second-order valence-corrected chi connectivity index (χ2v) is 11.5. The van der Waals surface area contributed by atoms with Gasteiger partial charge in [-0.05, 0) is 49.2 Å². The monoisotopic (exact) mass is 565 g/mol. The second kappa shape index (κ2) is 24.1. The fourth-order valence-electron chi connectivity index (χ4n) is 5.05. The molecule has 0 radical (unpaired) electrons. The third-order valence-electron chi connectivity index (χ3n) is 7.72. The molecule has 0 atom stereocenters. The summed E-state index contributed by atoms with van der Waals surface area (Å²) in [5.41, 5.74) is 1.51. The van der Waals surface area contributed by atoms with Crippen LogP contribution in [-0.2, 0) is 0 Å². The SMILES string of the molecule is CCCCCCCCCCCCOc1ccc(N=Cc2ccc(OCCCCCCCCCCCC)cc2O)cc1. The van der Waals surface area contributed by atoms with Gasteiger partial charge in [-0.2, -0.15) is 0 Å². The van der Waals surface area contributed by atoms with Crippen LogP contribution in [0.2, 0.25) is 0 Å². The molecule has 2 aromatic rings. The standard InChI is InChI=1S/C37H59NO3/c1-3-5-7-9-11-13-15-17-19-21-29-40-35-27-24-34(25-28-35)38-32-33-23-26-36(31-37(33)39)41-30-22-20-18-16-14-12-10-8-6-4-2/h23-28,31-32,39H,3-22,29-30H2,1-2H3. The smallest absolute Gasteiger partial charge is 0.128 e. The quantitative estimate of drug-likeness (QED) is 0.0911. The lowest BCUT2D eigenvalue weighted by Crippen LogP contribution is -1.97. The fourth-order valence-corrected chi connectivity index (χ4v) is 5.05. The number of nitrogens with zero attached hydrogens (tertiary/aromatic N) is 1. The van der Waals surface area contributed by atoms with Gasteiger partial charge in [-0.15, -0.1) is 0 Å². The molecule has 0 aliphatic carbocycles. The summed E-state index contributed by atoms with van der Waals surface area (Å²) in [5.74, 6) is 1.77. The maximum absolute atomic E-state index is 10.4. The largest absolute Gasteiger partial charge is 0.507 e. The molecule has 0 heterocycles. The summed E-state index contributed by atoms with van der Waals surface area (Å²) in [5, 5.41) is 10.4. The first kappa shape index (κ1) is 34.7. The molecule has 4 heteroatoms. The van der Waals surface area contributed by atoms with Crippen LogP contribution in [0.5, 0.6) is 17.2 Å². The van der Waals surface area contributed by atoms with Crippen molar-refractivity contribution in [2.24, 2.45) is 4.99 Å². The summed E-state index contributed by atoms with van der Waals surface area (Å²) in [6, 6.07) is 13.3. The highest BCUT2D eigenvalue weighted by molar-refractivity contribution is 5.85. The Kier molecular flexibility index (Phi) is 20.4. The van der Waals surface area contributed by atoms with Crippen LogP contribution in [0, 0.1) is 0 Å². The van der Waals surface area contributed by atoms with Crippen molar-refractivity contribution in [3.05, 3.63) is 48.0 Å². The Hall–Kier alpha value is -2.49. The minimum Gasteiger partial charge on any atom is -0.507 e. The van der Waals surface area contributed by atoms with Gasteiger partial charge in [0.05, 0.1) is 18.9 Å². The highest BCUT2D eigenvalue weighted by atomic mass is 16.5. The molecule has 0 amide bonds. The predicted octanol–water partition coefficient (Wildman–Crippen LogP) is 11.7. The number of phenolic OH excluding ortho intramolecular Hbond substituents is 1. The van der Waals surface area contributed by atoms with Crippen LogP contribution in [0.3, 0.4) is 0 Å². The van der Waals surface area contributed by atoms with Crippen molar-refractivity contribution in [1.29, 1.82) is 0 Å². The first-order chi connectivity index (χ1) is 20.2. The minimum atomic E-state index is 0.186. The molecule has 0 bridgehead atoms. The summed E-state index contributed by atoms with van der Waals surface area (Å²) in [7, 11) is 0. The van der Waals surface area contributed by atoms with E-state index < -0.39 is 0 Å². The predicted molar refractivity (Wildman–Crippen MR) is 176 cm³/mol. The molecule has 0 saturated heterocycles. The van der Waals surface area contributed by atoms with Crippen molar-refractivity contribution in [3.63, 3.8) is 0 Å². The Bertz CT molecular complexity index is 909. The van der Waals surface area contributed by atoms with E-state index in [1.165, 1.54) is 116 Å². The highest BCUT2D eigenvalue weighted by Gasteiger charge is 2.03. The zero-order valence-electron chi connectivity index (χ0n) is 26.4. The van der Waals surface area contributed by atoms with Gasteiger partial charge < -0.3 is 14.6 Å². The Morgan fingerprint density at radius 2 is 0.951 bits per heavy atom. The number of rotatable bonds is 26. The van der Waals surface area contributed by atoms with Gasteiger partial charge in [-0.3, -0.25) is 4.99 Å². The van der Waals surface area contributed by atoms with Crippen LogP contribution in [0.25, 0.3) is 0 Å². The van der Waals surface area contributed by atoms with Crippen LogP contribution >= 0.6 is 0 Å². The zero-order valence-corrected chi connectivity index (χ0v) is 26.4. The van der Waals surface area contributed by atoms with E-state index in [0.29, 0.717) is 17.9 Å². The average Bonchev–Trinajstić information content (AvgIpc) is 2.99. The van der Waals surface area contributed by atoms with E-state index in [0.717, 1.165) is 30.9 Å². The van der Waals surface area contributed by atoms with Crippen molar-refractivity contribution in [1.82, 2.24) is 0 Å². The maximum atomic E-state index is 10.4. The molecule has 0 saturated carbocycles. The Balaban J connectivity index is 1.55. The number of hydrogen-bond donors (Lipinski definition) is 1. The number of hydrogen-bond acceptors (Lipinski definition) is 4. The number of benzene rings is 2. The van der Waals surface area contributed by atoms with Crippen molar-refractivity contribution in [3.8, 4) is 17.2 Å². The van der Waals surface area contributed by atoms with Gasteiger partial charge in [0, 0.05) is 17.8 Å². The Morgan fingerprint density at radius 1 is 0.537 bits per heavy atom. The summed E-state index contributed by atoms with van der Waals surface area (Å²) in [6.07, 6.45) is 28.1. The third kappa shape index (κ3) is 17.8. The van der Waals surface area contributed by atoms with Crippen LogP contribution in [0.15, 0.2) is 47.5 Å². The lowest BCUT2D eigenvalue weighted by Gasteiger charge is -2.08. The van der Waals surface area contributed by atoms with E-state index in [1.807, 2.05) is 36.4 Å². The maximum Gasteiger partial charge on any atom is 0.128 e. The minimum absolute atomic E-state index is 0.186. The van der Waals surface area contributed by atoms with E-state index >= 15 is 0 Å². The van der Waals surface area contributed by atoms with Gasteiger partial charge in [0.1, 0.15) is 17.2 Å². The molecular weight excluding hydrogens is 506 g/mol. The average molecular weight is 566 g/mol. The molecule has 41 heavy (non-hydrogen) atoms. The van der Waals surface area contributed by atoms with Crippen LogP contribution in [0.4, 0.5) is 5.69 Å². The molecule has 2 aromatic carbocycles. The van der Waals surface area contributed by atoms with Crippen molar-refractivity contribution < 1.29 is 14.6 Å². The molecule has 4 nitrogen and oxygen atoms in total. The number of aromatic hydroxyl groups is 1. The molecule has 0 aromatic heterocycles. The lowest BCUT2D eigenvalue weighted by molar-refractivity contribution is 0.302. The third-order valence-corrected chi connectivity index (χ3v) is 7.72. The number of aliphatic imine (C=N–C) groups is 1. The van der Waals surface area contributed by atoms with Crippen molar-refractivity contribution >= 4 is 11.9 Å². The Morgan fingerprint density at radius 3 is 1.41 bits per heavy atom. The first-order valence-electron chi connectivity index (χ1n) is 17.0. The molecule has 230 valence electrons. The fraction of sp³-hybridized carbons (Fsp3) is 0.649. The van der Waals surface area contributed by atoms with E-state index in [1.54, 1.807) is 12.3 Å². The van der Waals surface area contributed by atoms with Gasteiger partial charge in [0.25, 0.3) is 0 Å². The topological polar surface area (TPSA) is 51.0 Å². The summed E-state index contributed by atoms with van der Waals surface area (Å²) < 4.78 is 11.8. The van der Waals surface area contributed by atoms with Gasteiger partial charge >= 0.3 is 0 Å². The van der Waals surface area contributed by atoms with Gasteiger partial charge in [-0.25, -0.2) is 0 Å². The van der Waals surface area contributed by atoms with Crippen LogP contribution in [-0.4, -0.2) is 24.5 Å². The molecule has 0 spiro atoms. The molecule has 1 N–H and O–H groups in total. The molecule has 2 rings (SSSR count). The number of unbranched alkanes of at least 4 members (excludes halogenated alkanes) is 18. The zero-order chi connectivity index (χ0) is 29.2. The molecule has 0 unspecified atom stereocenters. The molecule has 0 aliphatic heterocycles. The summed E-state index contributed by atoms with van der Waals surface area (Å²) in [4.78, 5) is 4.52. The summed E-state index contributed by atoms with van der Waals surface area (Å²) in [6.45, 7) is 5.99. The number of ether oxygens (including phenoxy) is 2. The number of phenols is 1. The van der Waals surface area contributed by atoms with Crippen molar-refractivity contribution in [2.75, 3.05) is 13.2 Å². The van der Waals surface area contributed by atoms with E-state index in [9.17, 15) is 5.11 Å². The summed E-state index contributed by atoms with van der Waals surface area (Å²) >= 11 is 0. The van der Waals surface area contributed by atoms with E-state index in [-0.39, 0.29) is 5.75 Å².